The molecule has 2 aromatic carbocycles. The number of halogens is 1. The van der Waals surface area contributed by atoms with E-state index in [1.807, 2.05) is 11.9 Å². The number of carbonyl (C=O) groups is 1. The molecule has 28 heavy (non-hydrogen) atoms. The molecule has 0 spiro atoms. The minimum atomic E-state index is -3.85. The summed E-state index contributed by atoms with van der Waals surface area (Å²) in [5.41, 5.74) is 0.889. The van der Waals surface area contributed by atoms with Crippen molar-refractivity contribution in [3.63, 3.8) is 0 Å². The Morgan fingerprint density at radius 2 is 1.86 bits per heavy atom. The van der Waals surface area contributed by atoms with Crippen molar-refractivity contribution in [2.45, 2.75) is 30.6 Å². The summed E-state index contributed by atoms with van der Waals surface area (Å²) in [6.45, 7) is 0.803. The van der Waals surface area contributed by atoms with Gasteiger partial charge in [0.1, 0.15) is 5.84 Å². The quantitative estimate of drug-likeness (QED) is 0.732. The second-order valence-electron chi connectivity index (χ2n) is 6.70. The van der Waals surface area contributed by atoms with Crippen LogP contribution < -0.4 is 5.32 Å². The second-order valence-corrected chi connectivity index (χ2v) is 9.22. The van der Waals surface area contributed by atoms with Crippen molar-refractivity contribution in [1.82, 2.24) is 4.90 Å². The number of nitrogens with one attached hydrogen (secondary N) is 1. The Hall–Kier alpha value is -2.19. The number of benzene rings is 2. The number of likely N-dealkylation sites (tertiary alicyclic amines) is 1. The Labute approximate surface area is 173 Å². The maximum absolute atomic E-state index is 12.8. The van der Waals surface area contributed by atoms with Crippen LogP contribution >= 0.6 is 15.9 Å². The molecule has 0 saturated carbocycles. The first kappa shape index (κ1) is 20.5. The van der Waals surface area contributed by atoms with Crippen molar-refractivity contribution in [1.29, 1.82) is 0 Å². The number of rotatable bonds is 4. The predicted octanol–water partition coefficient (Wildman–Crippen LogP) is 4.29. The van der Waals surface area contributed by atoms with Crippen molar-refractivity contribution in [2.24, 2.45) is 4.40 Å². The summed E-state index contributed by atoms with van der Waals surface area (Å²) in [5, 5.41) is 2.74. The van der Waals surface area contributed by atoms with E-state index in [0.29, 0.717) is 23.5 Å². The Morgan fingerprint density at radius 3 is 2.61 bits per heavy atom. The zero-order chi connectivity index (χ0) is 20.1. The first-order valence-corrected chi connectivity index (χ1v) is 11.3. The van der Waals surface area contributed by atoms with Gasteiger partial charge in [-0.15, -0.1) is 4.40 Å². The highest BCUT2D eigenvalue weighted by molar-refractivity contribution is 9.10. The number of carbonyl (C=O) groups excluding carboxylic acids is 1. The van der Waals surface area contributed by atoms with E-state index in [1.165, 1.54) is 12.1 Å². The van der Waals surface area contributed by atoms with Crippen LogP contribution in [0.1, 0.15) is 36.0 Å². The van der Waals surface area contributed by atoms with E-state index in [1.54, 1.807) is 36.4 Å². The molecule has 0 radical (unpaired) electrons. The molecule has 1 fully saturated rings. The summed E-state index contributed by atoms with van der Waals surface area (Å²) in [4.78, 5) is 14.3. The third kappa shape index (κ3) is 5.20. The molecule has 1 amide bonds. The topological polar surface area (TPSA) is 78.8 Å². The smallest absolute Gasteiger partial charge is 0.284 e. The number of sulfonamides is 1. The van der Waals surface area contributed by atoms with Crippen LogP contribution in [0.5, 0.6) is 0 Å². The summed E-state index contributed by atoms with van der Waals surface area (Å²) < 4.78 is 30.5. The number of hydrogen-bond donors (Lipinski definition) is 1. The number of anilines is 1. The monoisotopic (exact) mass is 463 g/mol. The fraction of sp³-hybridized carbons (Fsp3) is 0.300. The predicted molar refractivity (Wildman–Crippen MR) is 114 cm³/mol. The lowest BCUT2D eigenvalue weighted by atomic mass is 10.2. The van der Waals surface area contributed by atoms with Crippen molar-refractivity contribution >= 4 is 43.4 Å². The normalized spacial score (nSPS) is 16.6. The van der Waals surface area contributed by atoms with Crippen LogP contribution in [0.3, 0.4) is 0 Å². The van der Waals surface area contributed by atoms with Gasteiger partial charge in [-0.05, 0) is 55.3 Å². The molecule has 0 bridgehead atoms. The van der Waals surface area contributed by atoms with Crippen molar-refractivity contribution < 1.29 is 13.2 Å². The maximum atomic E-state index is 12.8. The molecular formula is C20H22BrN3O3S. The highest BCUT2D eigenvalue weighted by Gasteiger charge is 2.19. The second kappa shape index (κ2) is 8.87. The van der Waals surface area contributed by atoms with Crippen LogP contribution in [0, 0.1) is 0 Å². The summed E-state index contributed by atoms with van der Waals surface area (Å²) in [5.74, 6) is 0.277. The van der Waals surface area contributed by atoms with Crippen LogP contribution in [-0.4, -0.2) is 38.7 Å². The first-order chi connectivity index (χ1) is 13.3. The fourth-order valence-corrected chi connectivity index (χ4v) is 4.38. The average molecular weight is 464 g/mol. The van der Waals surface area contributed by atoms with E-state index in [9.17, 15) is 13.2 Å². The van der Waals surface area contributed by atoms with Gasteiger partial charge in [-0.1, -0.05) is 28.4 Å². The van der Waals surface area contributed by atoms with Gasteiger partial charge in [-0.3, -0.25) is 4.79 Å². The molecule has 1 saturated heterocycles. The van der Waals surface area contributed by atoms with Gasteiger partial charge < -0.3 is 10.2 Å². The van der Waals surface area contributed by atoms with E-state index in [4.69, 9.17) is 0 Å². The Kier molecular flexibility index (Phi) is 6.51. The van der Waals surface area contributed by atoms with Crippen LogP contribution in [0.25, 0.3) is 0 Å². The van der Waals surface area contributed by atoms with Gasteiger partial charge in [-0.25, -0.2) is 0 Å². The lowest BCUT2D eigenvalue weighted by Crippen LogP contribution is -2.26. The average Bonchev–Trinajstić information content (AvgIpc) is 2.86. The molecule has 1 N–H and O–H groups in total. The van der Waals surface area contributed by atoms with Crippen molar-refractivity contribution in [2.75, 3.05) is 18.9 Å². The molecule has 2 aromatic rings. The van der Waals surface area contributed by atoms with E-state index in [2.05, 4.69) is 25.6 Å². The number of amidine groups is 1. The lowest BCUT2D eigenvalue weighted by molar-refractivity contribution is 0.102. The van der Waals surface area contributed by atoms with E-state index in [0.717, 1.165) is 30.3 Å². The van der Waals surface area contributed by atoms with Gasteiger partial charge in [0.2, 0.25) is 0 Å². The van der Waals surface area contributed by atoms with E-state index >= 15 is 0 Å². The third-order valence-electron chi connectivity index (χ3n) is 4.56. The molecule has 3 rings (SSSR count). The van der Waals surface area contributed by atoms with Gasteiger partial charge in [0.05, 0.1) is 4.90 Å². The number of amides is 1. The van der Waals surface area contributed by atoms with Crippen LogP contribution in [0.2, 0.25) is 0 Å². The molecule has 1 aliphatic rings. The molecule has 8 heteroatoms. The van der Waals surface area contributed by atoms with E-state index in [-0.39, 0.29) is 10.8 Å². The lowest BCUT2D eigenvalue weighted by Gasteiger charge is -2.17. The summed E-state index contributed by atoms with van der Waals surface area (Å²) >= 11 is 3.33. The molecular weight excluding hydrogens is 442 g/mol. The maximum Gasteiger partial charge on any atom is 0.284 e. The fourth-order valence-electron chi connectivity index (χ4n) is 2.97. The van der Waals surface area contributed by atoms with Gasteiger partial charge in [-0.2, -0.15) is 8.42 Å². The summed E-state index contributed by atoms with van der Waals surface area (Å²) in [6, 6.07) is 13.1. The van der Waals surface area contributed by atoms with Crippen molar-refractivity contribution in [3.05, 3.63) is 58.6 Å². The van der Waals surface area contributed by atoms with Crippen LogP contribution in [0.4, 0.5) is 5.69 Å². The molecule has 0 atom stereocenters. The van der Waals surface area contributed by atoms with Crippen LogP contribution in [-0.2, 0) is 10.0 Å². The SMILES string of the molecule is CN1CCCCC/C1=N/S(=O)(=O)c1cccc(NC(=O)c2ccc(Br)cc2)c1. The molecule has 1 aliphatic heterocycles. The zero-order valence-corrected chi connectivity index (χ0v) is 18.0. The van der Waals surface area contributed by atoms with Gasteiger partial charge >= 0.3 is 0 Å². The standard InChI is InChI=1S/C20H22BrN3O3S/c1-24-13-4-2-3-8-19(24)23-28(26,27)18-7-5-6-17(14-18)22-20(25)15-9-11-16(21)12-10-15/h5-7,9-12,14H,2-4,8,13H2,1H3,(H,22,25)/b23-19-. The molecule has 0 unspecified atom stereocenters. The highest BCUT2D eigenvalue weighted by Crippen LogP contribution is 2.21. The summed E-state index contributed by atoms with van der Waals surface area (Å²) in [7, 11) is -1.98. The molecule has 6 nitrogen and oxygen atoms in total. The first-order valence-electron chi connectivity index (χ1n) is 9.07. The van der Waals surface area contributed by atoms with Gasteiger partial charge in [0, 0.05) is 35.7 Å². The molecule has 1 heterocycles. The molecule has 0 aliphatic carbocycles. The minimum Gasteiger partial charge on any atom is -0.362 e. The third-order valence-corrected chi connectivity index (χ3v) is 6.39. The Morgan fingerprint density at radius 1 is 1.11 bits per heavy atom. The minimum absolute atomic E-state index is 0.0613. The van der Waals surface area contributed by atoms with Gasteiger partial charge in [0.25, 0.3) is 15.9 Å². The largest absolute Gasteiger partial charge is 0.362 e. The Balaban J connectivity index is 1.81. The van der Waals surface area contributed by atoms with Crippen LogP contribution in [0.15, 0.2) is 62.3 Å². The molecule has 0 aromatic heterocycles. The zero-order valence-electron chi connectivity index (χ0n) is 15.6. The highest BCUT2D eigenvalue weighted by atomic mass is 79.9. The van der Waals surface area contributed by atoms with Gasteiger partial charge in [0.15, 0.2) is 0 Å². The Bertz CT molecular complexity index is 988. The summed E-state index contributed by atoms with van der Waals surface area (Å²) in [6.07, 6.45) is 3.69. The van der Waals surface area contributed by atoms with E-state index < -0.39 is 10.0 Å². The van der Waals surface area contributed by atoms with Crippen molar-refractivity contribution in [3.8, 4) is 0 Å². The number of nitrogens with zero attached hydrogens (tertiary/aromatic N) is 2. The number of hydrogen-bond acceptors (Lipinski definition) is 3. The molecule has 148 valence electrons.